The molecule has 0 spiro atoms. The summed E-state index contributed by atoms with van der Waals surface area (Å²) < 4.78 is 28.3. The Bertz CT molecular complexity index is 1270. The van der Waals surface area contributed by atoms with Crippen LogP contribution < -0.4 is 4.72 Å². The molecule has 0 bridgehead atoms. The molecule has 0 unspecified atom stereocenters. The summed E-state index contributed by atoms with van der Waals surface area (Å²) in [7, 11) is -3.49. The van der Waals surface area contributed by atoms with E-state index < -0.39 is 10.0 Å². The Hall–Kier alpha value is -2.34. The van der Waals surface area contributed by atoms with E-state index in [9.17, 15) is 8.42 Å². The van der Waals surface area contributed by atoms with Gasteiger partial charge in [-0.3, -0.25) is 0 Å². The molecule has 1 aliphatic heterocycles. The van der Waals surface area contributed by atoms with Gasteiger partial charge in [0.05, 0.1) is 4.90 Å². The molecule has 1 N–H and O–H groups in total. The van der Waals surface area contributed by atoms with Crippen LogP contribution in [0.1, 0.15) is 54.4 Å². The molecule has 0 radical (unpaired) electrons. The molecule has 3 aromatic carbocycles. The molecule has 1 saturated carbocycles. The predicted molar refractivity (Wildman–Crippen MR) is 136 cm³/mol. The monoisotopic (exact) mass is 475 g/mol. The van der Waals surface area contributed by atoms with E-state index in [0.29, 0.717) is 17.4 Å². The standard InChI is InChI=1S/C28H29NO2S2/c1-20(23-13-16-28-25(17-23)18-24-9-5-6-10-27(24)32-28)22-11-14-26(15-12-22)33(30,31)29-19-21-7-3-2-4-8-21/h5-6,9-17,21,29H,1-4,7-8,18-19H2. The largest absolute Gasteiger partial charge is 0.240 e. The second kappa shape index (κ2) is 9.49. The van der Waals surface area contributed by atoms with Crippen molar-refractivity contribution in [1.29, 1.82) is 0 Å². The van der Waals surface area contributed by atoms with Gasteiger partial charge in [-0.25, -0.2) is 13.1 Å². The first-order chi connectivity index (χ1) is 16.0. The van der Waals surface area contributed by atoms with Gasteiger partial charge in [-0.2, -0.15) is 0 Å². The molecule has 1 heterocycles. The van der Waals surface area contributed by atoms with Gasteiger partial charge >= 0.3 is 0 Å². The molecule has 0 aromatic heterocycles. The summed E-state index contributed by atoms with van der Waals surface area (Å²) >= 11 is 1.81. The molecule has 5 rings (SSSR count). The van der Waals surface area contributed by atoms with Crippen molar-refractivity contribution in [3.63, 3.8) is 0 Å². The predicted octanol–water partition coefficient (Wildman–Crippen LogP) is 6.66. The van der Waals surface area contributed by atoms with Crippen molar-refractivity contribution >= 4 is 27.4 Å². The van der Waals surface area contributed by atoms with Crippen LogP contribution in [0.3, 0.4) is 0 Å². The van der Waals surface area contributed by atoms with Crippen molar-refractivity contribution in [3.05, 3.63) is 95.6 Å². The van der Waals surface area contributed by atoms with Crippen LogP contribution in [0.4, 0.5) is 0 Å². The Balaban J connectivity index is 1.29. The second-order valence-corrected chi connectivity index (χ2v) is 11.9. The maximum absolute atomic E-state index is 12.8. The van der Waals surface area contributed by atoms with E-state index in [1.54, 1.807) is 12.1 Å². The molecule has 0 saturated heterocycles. The van der Waals surface area contributed by atoms with Crippen LogP contribution in [0.15, 0.2) is 88.0 Å². The summed E-state index contributed by atoms with van der Waals surface area (Å²) in [6.07, 6.45) is 6.83. The second-order valence-electron chi connectivity index (χ2n) is 9.07. The van der Waals surface area contributed by atoms with Crippen LogP contribution in [0.2, 0.25) is 0 Å². The van der Waals surface area contributed by atoms with Gasteiger partial charge in [0.25, 0.3) is 0 Å². The minimum absolute atomic E-state index is 0.313. The molecule has 5 heteroatoms. The van der Waals surface area contributed by atoms with E-state index >= 15 is 0 Å². The molecule has 1 fully saturated rings. The molecule has 2 aliphatic rings. The first kappa shape index (κ1) is 22.5. The minimum Gasteiger partial charge on any atom is -0.211 e. The van der Waals surface area contributed by atoms with Gasteiger partial charge in [0, 0.05) is 16.3 Å². The smallest absolute Gasteiger partial charge is 0.211 e. The summed E-state index contributed by atoms with van der Waals surface area (Å²) in [5, 5.41) is 0. The average Bonchev–Trinajstić information content (AvgIpc) is 2.86. The zero-order valence-electron chi connectivity index (χ0n) is 18.7. The molecule has 0 atom stereocenters. The van der Waals surface area contributed by atoms with Gasteiger partial charge in [-0.1, -0.05) is 74.0 Å². The van der Waals surface area contributed by atoms with Crippen molar-refractivity contribution in [3.8, 4) is 0 Å². The van der Waals surface area contributed by atoms with E-state index in [2.05, 4.69) is 53.8 Å². The van der Waals surface area contributed by atoms with Crippen LogP contribution >= 0.6 is 11.8 Å². The summed E-state index contributed by atoms with van der Waals surface area (Å²) in [6.45, 7) is 4.84. The van der Waals surface area contributed by atoms with Crippen LogP contribution in [-0.2, 0) is 16.4 Å². The van der Waals surface area contributed by atoms with Crippen LogP contribution in [-0.4, -0.2) is 15.0 Å². The number of sulfonamides is 1. The van der Waals surface area contributed by atoms with Gasteiger partial charge in [0.1, 0.15) is 0 Å². The third-order valence-electron chi connectivity index (χ3n) is 6.78. The highest BCUT2D eigenvalue weighted by Gasteiger charge is 2.20. The fourth-order valence-corrected chi connectivity index (χ4v) is 6.95. The molecule has 3 aromatic rings. The lowest BCUT2D eigenvalue weighted by Crippen LogP contribution is -2.30. The van der Waals surface area contributed by atoms with E-state index in [1.165, 1.54) is 40.2 Å². The van der Waals surface area contributed by atoms with Gasteiger partial charge in [0.2, 0.25) is 10.0 Å². The van der Waals surface area contributed by atoms with Gasteiger partial charge < -0.3 is 0 Å². The third-order valence-corrected chi connectivity index (χ3v) is 9.46. The van der Waals surface area contributed by atoms with Crippen molar-refractivity contribution in [1.82, 2.24) is 4.72 Å². The van der Waals surface area contributed by atoms with E-state index in [1.807, 2.05) is 23.9 Å². The van der Waals surface area contributed by atoms with Gasteiger partial charge in [-0.05, 0) is 83.3 Å². The van der Waals surface area contributed by atoms with Crippen molar-refractivity contribution in [2.75, 3.05) is 6.54 Å². The fourth-order valence-electron chi connectivity index (χ4n) is 4.78. The van der Waals surface area contributed by atoms with E-state index in [-0.39, 0.29) is 0 Å². The Labute approximate surface area is 201 Å². The number of hydrogen-bond acceptors (Lipinski definition) is 3. The van der Waals surface area contributed by atoms with Crippen LogP contribution in [0.25, 0.3) is 5.57 Å². The number of nitrogens with one attached hydrogen (secondary N) is 1. The molecule has 0 amide bonds. The van der Waals surface area contributed by atoms with Gasteiger partial charge in [-0.15, -0.1) is 0 Å². The molecule has 33 heavy (non-hydrogen) atoms. The maximum Gasteiger partial charge on any atom is 0.240 e. The summed E-state index contributed by atoms with van der Waals surface area (Å²) in [5.74, 6) is 0.460. The first-order valence-corrected chi connectivity index (χ1v) is 14.0. The van der Waals surface area contributed by atoms with Crippen LogP contribution in [0, 0.1) is 5.92 Å². The summed E-state index contributed by atoms with van der Waals surface area (Å²) in [4.78, 5) is 2.93. The first-order valence-electron chi connectivity index (χ1n) is 11.7. The number of fused-ring (bicyclic) bond motifs is 2. The Kier molecular flexibility index (Phi) is 6.46. The lowest BCUT2D eigenvalue weighted by Gasteiger charge is -2.21. The summed E-state index contributed by atoms with van der Waals surface area (Å²) in [5.41, 5.74) is 5.57. The number of rotatable bonds is 6. The molecule has 3 nitrogen and oxygen atoms in total. The van der Waals surface area contributed by atoms with Crippen LogP contribution in [0.5, 0.6) is 0 Å². The fraction of sp³-hybridized carbons (Fsp3) is 0.286. The zero-order chi connectivity index (χ0) is 22.8. The maximum atomic E-state index is 12.8. The Morgan fingerprint density at radius 1 is 0.879 bits per heavy atom. The van der Waals surface area contributed by atoms with Crippen molar-refractivity contribution < 1.29 is 8.42 Å². The molecule has 1 aliphatic carbocycles. The highest BCUT2D eigenvalue weighted by Crippen LogP contribution is 2.40. The number of hydrogen-bond donors (Lipinski definition) is 1. The lowest BCUT2D eigenvalue weighted by atomic mass is 9.90. The minimum atomic E-state index is -3.49. The molecule has 170 valence electrons. The van der Waals surface area contributed by atoms with Crippen molar-refractivity contribution in [2.45, 2.75) is 53.2 Å². The van der Waals surface area contributed by atoms with E-state index in [0.717, 1.165) is 36.0 Å². The highest BCUT2D eigenvalue weighted by molar-refractivity contribution is 7.99. The Morgan fingerprint density at radius 3 is 2.36 bits per heavy atom. The quantitative estimate of drug-likeness (QED) is 0.339. The zero-order valence-corrected chi connectivity index (χ0v) is 20.4. The van der Waals surface area contributed by atoms with Gasteiger partial charge in [0.15, 0.2) is 0 Å². The Morgan fingerprint density at radius 2 is 1.58 bits per heavy atom. The van der Waals surface area contributed by atoms with Crippen molar-refractivity contribution in [2.24, 2.45) is 5.92 Å². The highest BCUT2D eigenvalue weighted by atomic mass is 32.2. The SMILES string of the molecule is C=C(c1ccc(S(=O)(=O)NCC2CCCCC2)cc1)c1ccc2c(c1)Cc1ccccc1S2. The number of benzene rings is 3. The normalized spacial score (nSPS) is 16.1. The summed E-state index contributed by atoms with van der Waals surface area (Å²) in [6, 6.07) is 22.1. The third kappa shape index (κ3) is 4.96. The topological polar surface area (TPSA) is 46.2 Å². The van der Waals surface area contributed by atoms with E-state index in [4.69, 9.17) is 0 Å². The lowest BCUT2D eigenvalue weighted by molar-refractivity contribution is 0.357. The molecular formula is C28H29NO2S2. The average molecular weight is 476 g/mol. The molecular weight excluding hydrogens is 446 g/mol.